The molecule has 1 aliphatic heterocycles. The zero-order chi connectivity index (χ0) is 16.2. The number of aliphatic hydroxyl groups excluding tert-OH is 1. The predicted octanol–water partition coefficient (Wildman–Crippen LogP) is 1.91. The number of benzene rings is 2. The largest absolute Gasteiger partial charge is 0.377 e. The molecule has 0 bridgehead atoms. The van der Waals surface area contributed by atoms with Crippen molar-refractivity contribution in [2.24, 2.45) is 0 Å². The van der Waals surface area contributed by atoms with E-state index < -0.39 is 10.1 Å². The Labute approximate surface area is 130 Å². The minimum atomic E-state index is -3.67. The SMILES string of the molecule is CS(=O)(=O)O.OC1CN1C(c1ccccc1)c1ccccc1. The highest BCUT2D eigenvalue weighted by Crippen LogP contribution is 2.35. The molecule has 2 atom stereocenters. The topological polar surface area (TPSA) is 77.6 Å². The molecule has 0 saturated carbocycles. The lowest BCUT2D eigenvalue weighted by molar-refractivity contribution is 0.194. The van der Waals surface area contributed by atoms with Crippen molar-refractivity contribution in [2.45, 2.75) is 12.3 Å². The Kier molecular flexibility index (Phi) is 5.31. The molecular weight excluding hydrogens is 302 g/mol. The van der Waals surface area contributed by atoms with E-state index in [2.05, 4.69) is 29.2 Å². The first-order valence-corrected chi connectivity index (χ1v) is 8.67. The zero-order valence-corrected chi connectivity index (χ0v) is 13.0. The van der Waals surface area contributed by atoms with Crippen molar-refractivity contribution in [2.75, 3.05) is 12.8 Å². The van der Waals surface area contributed by atoms with Crippen LogP contribution < -0.4 is 0 Å². The highest BCUT2D eigenvalue weighted by atomic mass is 32.2. The predicted molar refractivity (Wildman–Crippen MR) is 84.9 cm³/mol. The van der Waals surface area contributed by atoms with Crippen LogP contribution in [0.2, 0.25) is 0 Å². The maximum atomic E-state index is 9.65. The molecule has 0 radical (unpaired) electrons. The lowest BCUT2D eigenvalue weighted by Gasteiger charge is -2.19. The van der Waals surface area contributed by atoms with Crippen LogP contribution in [0.3, 0.4) is 0 Å². The summed E-state index contributed by atoms with van der Waals surface area (Å²) >= 11 is 0. The van der Waals surface area contributed by atoms with Gasteiger partial charge in [0.2, 0.25) is 0 Å². The minimum absolute atomic E-state index is 0.174. The zero-order valence-electron chi connectivity index (χ0n) is 12.2. The summed E-state index contributed by atoms with van der Waals surface area (Å²) in [6, 6.07) is 20.8. The van der Waals surface area contributed by atoms with E-state index in [1.807, 2.05) is 36.4 Å². The Morgan fingerprint density at radius 3 is 1.59 bits per heavy atom. The highest BCUT2D eigenvalue weighted by Gasteiger charge is 2.39. The summed E-state index contributed by atoms with van der Waals surface area (Å²) in [5, 5.41) is 9.65. The third-order valence-electron chi connectivity index (χ3n) is 3.19. The molecule has 0 spiro atoms. The van der Waals surface area contributed by atoms with Crippen LogP contribution in [0, 0.1) is 0 Å². The van der Waals surface area contributed by atoms with Gasteiger partial charge < -0.3 is 5.11 Å². The molecule has 2 aromatic rings. The summed E-state index contributed by atoms with van der Waals surface area (Å²) in [6.45, 7) is 0.758. The second-order valence-corrected chi connectivity index (χ2v) is 6.60. The normalized spacial score (nSPS) is 20.2. The van der Waals surface area contributed by atoms with E-state index in [1.165, 1.54) is 11.1 Å². The number of β-amino-alcohol motifs (C(OH)–C–C–N with tert-alkyl or cyclic N) is 1. The molecule has 1 fully saturated rings. The molecule has 3 rings (SSSR count). The molecule has 5 nitrogen and oxygen atoms in total. The molecular formula is C16H19NO4S. The van der Waals surface area contributed by atoms with Gasteiger partial charge in [0, 0.05) is 6.54 Å². The molecule has 0 aliphatic carbocycles. The van der Waals surface area contributed by atoms with Crippen LogP contribution in [0.1, 0.15) is 17.2 Å². The summed E-state index contributed by atoms with van der Waals surface area (Å²) in [6.07, 6.45) is 0.424. The highest BCUT2D eigenvalue weighted by molar-refractivity contribution is 7.85. The van der Waals surface area contributed by atoms with Crippen LogP contribution in [-0.4, -0.2) is 42.0 Å². The quantitative estimate of drug-likeness (QED) is 0.667. The Bertz CT molecular complexity index is 641. The number of rotatable bonds is 3. The Balaban J connectivity index is 0.000000309. The number of hydrogen-bond acceptors (Lipinski definition) is 4. The van der Waals surface area contributed by atoms with Crippen molar-refractivity contribution in [3.8, 4) is 0 Å². The lowest BCUT2D eigenvalue weighted by Crippen LogP contribution is -2.13. The molecule has 6 heteroatoms. The summed E-state index contributed by atoms with van der Waals surface area (Å²) in [5.41, 5.74) is 2.46. The van der Waals surface area contributed by atoms with Crippen LogP contribution in [0.4, 0.5) is 0 Å². The van der Waals surface area contributed by atoms with Crippen LogP contribution >= 0.6 is 0 Å². The van der Waals surface area contributed by atoms with Gasteiger partial charge in [0.15, 0.2) is 0 Å². The van der Waals surface area contributed by atoms with E-state index in [0.717, 1.165) is 6.54 Å². The van der Waals surface area contributed by atoms with Gasteiger partial charge in [-0.2, -0.15) is 8.42 Å². The average Bonchev–Trinajstić information content (AvgIpc) is 3.16. The van der Waals surface area contributed by atoms with Gasteiger partial charge in [0.1, 0.15) is 6.23 Å². The number of nitrogens with zero attached hydrogens (tertiary/aromatic N) is 1. The fourth-order valence-corrected chi connectivity index (χ4v) is 2.26. The van der Waals surface area contributed by atoms with E-state index in [0.29, 0.717) is 6.26 Å². The average molecular weight is 321 g/mol. The van der Waals surface area contributed by atoms with E-state index in [9.17, 15) is 13.5 Å². The Hall–Kier alpha value is -1.73. The van der Waals surface area contributed by atoms with Gasteiger partial charge in [0.25, 0.3) is 10.1 Å². The molecule has 1 aliphatic rings. The van der Waals surface area contributed by atoms with E-state index >= 15 is 0 Å². The first-order chi connectivity index (χ1) is 10.4. The monoisotopic (exact) mass is 321 g/mol. The van der Waals surface area contributed by atoms with Crippen LogP contribution in [0.5, 0.6) is 0 Å². The van der Waals surface area contributed by atoms with Gasteiger partial charge in [-0.05, 0) is 11.1 Å². The molecule has 1 heterocycles. The van der Waals surface area contributed by atoms with Gasteiger partial charge >= 0.3 is 0 Å². The van der Waals surface area contributed by atoms with Crippen LogP contribution in [0.25, 0.3) is 0 Å². The Morgan fingerprint density at radius 1 is 1.00 bits per heavy atom. The third-order valence-corrected chi connectivity index (χ3v) is 3.19. The lowest BCUT2D eigenvalue weighted by atomic mass is 9.99. The van der Waals surface area contributed by atoms with Crippen LogP contribution in [-0.2, 0) is 10.1 Å². The van der Waals surface area contributed by atoms with Crippen molar-refractivity contribution in [3.63, 3.8) is 0 Å². The van der Waals surface area contributed by atoms with Gasteiger partial charge in [-0.25, -0.2) is 0 Å². The van der Waals surface area contributed by atoms with Gasteiger partial charge in [-0.1, -0.05) is 60.7 Å². The van der Waals surface area contributed by atoms with Crippen LogP contribution in [0.15, 0.2) is 60.7 Å². The summed E-state index contributed by atoms with van der Waals surface area (Å²) in [5.74, 6) is 0. The maximum Gasteiger partial charge on any atom is 0.261 e. The molecule has 1 saturated heterocycles. The molecule has 22 heavy (non-hydrogen) atoms. The minimum Gasteiger partial charge on any atom is -0.377 e. The summed E-state index contributed by atoms with van der Waals surface area (Å²) in [7, 11) is -3.67. The van der Waals surface area contributed by atoms with E-state index in [1.54, 1.807) is 0 Å². The first-order valence-electron chi connectivity index (χ1n) is 6.82. The number of aliphatic hydroxyl groups is 1. The standard InChI is InChI=1S/C15H15NO.CH4O3S/c17-14-11-16(14)15(12-7-3-1-4-8-12)13-9-5-2-6-10-13;1-5(2,3)4/h1-10,14-15,17H,11H2;1H3,(H,2,3,4). The van der Waals surface area contributed by atoms with Crippen molar-refractivity contribution >= 4 is 10.1 Å². The van der Waals surface area contributed by atoms with Gasteiger partial charge in [0.05, 0.1) is 12.3 Å². The van der Waals surface area contributed by atoms with Crippen molar-refractivity contribution in [3.05, 3.63) is 71.8 Å². The number of hydrogen-bond donors (Lipinski definition) is 2. The van der Waals surface area contributed by atoms with Gasteiger partial charge in [-0.15, -0.1) is 0 Å². The second-order valence-electron chi connectivity index (χ2n) is 5.13. The summed E-state index contributed by atoms with van der Waals surface area (Å²) < 4.78 is 25.9. The van der Waals surface area contributed by atoms with E-state index in [-0.39, 0.29) is 12.3 Å². The van der Waals surface area contributed by atoms with Gasteiger partial charge in [-0.3, -0.25) is 9.45 Å². The molecule has 0 aromatic heterocycles. The first kappa shape index (κ1) is 16.6. The maximum absolute atomic E-state index is 9.65. The molecule has 118 valence electrons. The smallest absolute Gasteiger partial charge is 0.261 e. The molecule has 0 amide bonds. The van der Waals surface area contributed by atoms with Crippen molar-refractivity contribution in [1.29, 1.82) is 0 Å². The summed E-state index contributed by atoms with van der Waals surface area (Å²) in [4.78, 5) is 2.09. The fraction of sp³-hybridized carbons (Fsp3) is 0.250. The van der Waals surface area contributed by atoms with E-state index in [4.69, 9.17) is 4.55 Å². The molecule has 2 unspecified atom stereocenters. The molecule has 2 aromatic carbocycles. The third kappa shape index (κ3) is 5.23. The van der Waals surface area contributed by atoms with Crippen molar-refractivity contribution < 1.29 is 18.1 Å². The fourth-order valence-electron chi connectivity index (χ4n) is 2.26. The molecule has 2 N–H and O–H groups in total. The second kappa shape index (κ2) is 7.02. The van der Waals surface area contributed by atoms with Crippen molar-refractivity contribution in [1.82, 2.24) is 4.90 Å². The Morgan fingerprint density at radius 2 is 1.32 bits per heavy atom.